The Balaban J connectivity index is 1.59. The van der Waals surface area contributed by atoms with Crippen LogP contribution in [0.2, 0.25) is 0 Å². The largest absolute Gasteiger partial charge is 0.506 e. The minimum atomic E-state index is -1.67. The zero-order valence-corrected chi connectivity index (χ0v) is 28.2. The fourth-order valence-corrected chi connectivity index (χ4v) is 8.21. The molecule has 3 heterocycles. The number of carbonyl (C=O) groups excluding carboxylic acids is 2. The van der Waals surface area contributed by atoms with Crippen LogP contribution in [0.25, 0.3) is 6.08 Å². The maximum absolute atomic E-state index is 14.7. The molecule has 1 saturated carbocycles. The minimum absolute atomic E-state index is 0.00307. The van der Waals surface area contributed by atoms with Crippen molar-refractivity contribution in [3.05, 3.63) is 69.4 Å². The zero-order chi connectivity index (χ0) is 34.3. The third kappa shape index (κ3) is 4.76. The summed E-state index contributed by atoms with van der Waals surface area (Å²) in [6.07, 6.45) is 12.7. The maximum Gasteiger partial charge on any atom is 0.330 e. The Morgan fingerprint density at radius 2 is 1.77 bits per heavy atom. The summed E-state index contributed by atoms with van der Waals surface area (Å²) in [4.78, 5) is 40.8. The molecule has 0 unspecified atom stereocenters. The van der Waals surface area contributed by atoms with Gasteiger partial charge in [0, 0.05) is 35.0 Å². The highest BCUT2D eigenvalue weighted by atomic mass is 16.6. The van der Waals surface area contributed by atoms with E-state index in [-0.39, 0.29) is 53.4 Å². The molecule has 9 heteroatoms. The predicted octanol–water partition coefficient (Wildman–Crippen LogP) is 6.21. The van der Waals surface area contributed by atoms with Crippen LogP contribution in [0.4, 0.5) is 0 Å². The second-order valence-corrected chi connectivity index (χ2v) is 14.7. The topological polar surface area (TPSA) is 140 Å². The Bertz CT molecular complexity index is 1750. The summed E-state index contributed by atoms with van der Waals surface area (Å²) in [5.74, 6) is -2.63. The number of ketones is 2. The SMILES string of the molecule is CC(C)=CCC[C@]1(C)C=Cc2c(O)c3c(c(C/C=C(\C)CO)c2O1)O[C@]12C(=C[C@@H]4C[C@H]1C(C)(C)O[C@@]2(C/C=C(/C)C(=O)O)C4=O)C3=O. The van der Waals surface area contributed by atoms with E-state index in [0.29, 0.717) is 35.3 Å². The third-order valence-electron chi connectivity index (χ3n) is 10.7. The van der Waals surface area contributed by atoms with Gasteiger partial charge in [0.15, 0.2) is 22.8 Å². The number of allylic oxidation sites excluding steroid dienone is 4. The van der Waals surface area contributed by atoms with Crippen LogP contribution in [0.3, 0.4) is 0 Å². The standard InChI is InChI=1S/C38H44O9/c1-20(2)9-8-14-36(7)15-13-24-29(40)28-30(41)26-17-23-18-27-35(5,6)47-37(33(23)42,16-12-22(4)34(43)44)38(26,27)46-32(28)25(31(24)45-36)11-10-21(3)19-39/h9-10,12-13,15,17,23,27,39-40H,8,11,14,16,18-19H2,1-7H3,(H,43,44)/b21-10+,22-12-/t23-,27+,36-,37+,38-/m1/s1. The smallest absolute Gasteiger partial charge is 0.330 e. The first-order valence-electron chi connectivity index (χ1n) is 16.3. The number of phenols is 1. The predicted molar refractivity (Wildman–Crippen MR) is 176 cm³/mol. The maximum atomic E-state index is 14.7. The average molecular weight is 645 g/mol. The molecule has 0 amide bonds. The van der Waals surface area contributed by atoms with Gasteiger partial charge in [-0.15, -0.1) is 0 Å². The van der Waals surface area contributed by atoms with Gasteiger partial charge in [-0.2, -0.15) is 0 Å². The highest BCUT2D eigenvalue weighted by Gasteiger charge is 2.81. The van der Waals surface area contributed by atoms with E-state index in [1.807, 2.05) is 46.8 Å². The van der Waals surface area contributed by atoms with E-state index in [1.54, 1.807) is 19.1 Å². The van der Waals surface area contributed by atoms with Crippen LogP contribution in [0.5, 0.6) is 17.2 Å². The van der Waals surface area contributed by atoms with Crippen molar-refractivity contribution in [3.8, 4) is 17.2 Å². The van der Waals surface area contributed by atoms with Crippen molar-refractivity contribution in [1.82, 2.24) is 0 Å². The normalized spacial score (nSPS) is 31.4. The van der Waals surface area contributed by atoms with Crippen LogP contribution in [-0.2, 0) is 20.7 Å². The first-order valence-corrected chi connectivity index (χ1v) is 16.3. The summed E-state index contributed by atoms with van der Waals surface area (Å²) in [5.41, 5.74) is -1.78. The second kappa shape index (κ2) is 11.1. The molecule has 3 aliphatic heterocycles. The molecule has 4 bridgehead atoms. The van der Waals surface area contributed by atoms with Crippen LogP contribution in [0, 0.1) is 11.8 Å². The van der Waals surface area contributed by atoms with Crippen molar-refractivity contribution in [3.63, 3.8) is 0 Å². The molecule has 1 saturated heterocycles. The summed E-state index contributed by atoms with van der Waals surface area (Å²) < 4.78 is 20.5. The average Bonchev–Trinajstić information content (AvgIpc) is 3.16. The van der Waals surface area contributed by atoms with Crippen LogP contribution < -0.4 is 9.47 Å². The summed E-state index contributed by atoms with van der Waals surface area (Å²) in [6, 6.07) is 0. The number of aliphatic hydroxyl groups excluding tert-OH is 1. The molecule has 250 valence electrons. The number of ether oxygens (including phenoxy) is 3. The van der Waals surface area contributed by atoms with E-state index in [9.17, 15) is 29.7 Å². The van der Waals surface area contributed by atoms with Crippen molar-refractivity contribution in [2.75, 3.05) is 6.61 Å². The molecule has 1 spiro atoms. The number of aliphatic carboxylic acids is 1. The van der Waals surface area contributed by atoms with Gasteiger partial charge in [-0.05, 0) is 86.3 Å². The van der Waals surface area contributed by atoms with Crippen molar-refractivity contribution in [2.45, 2.75) is 103 Å². The van der Waals surface area contributed by atoms with Gasteiger partial charge in [-0.25, -0.2) is 4.79 Å². The second-order valence-electron chi connectivity index (χ2n) is 14.7. The number of aliphatic hydroxyl groups is 1. The minimum Gasteiger partial charge on any atom is -0.506 e. The molecule has 6 aliphatic rings. The van der Waals surface area contributed by atoms with Crippen LogP contribution in [0.1, 0.15) is 95.6 Å². The molecule has 2 fully saturated rings. The summed E-state index contributed by atoms with van der Waals surface area (Å²) >= 11 is 0. The number of hydrogen-bond donors (Lipinski definition) is 3. The number of carbonyl (C=O) groups is 3. The Morgan fingerprint density at radius 3 is 2.43 bits per heavy atom. The summed E-state index contributed by atoms with van der Waals surface area (Å²) in [7, 11) is 0. The molecule has 9 nitrogen and oxygen atoms in total. The lowest BCUT2D eigenvalue weighted by Gasteiger charge is -2.56. The van der Waals surface area contributed by atoms with Gasteiger partial charge in [-0.3, -0.25) is 9.59 Å². The highest BCUT2D eigenvalue weighted by Crippen LogP contribution is 2.68. The van der Waals surface area contributed by atoms with Gasteiger partial charge in [0.25, 0.3) is 0 Å². The Hall–Kier alpha value is -3.95. The molecule has 3 aliphatic carbocycles. The number of fused-ring (bicyclic) bond motifs is 2. The van der Waals surface area contributed by atoms with Crippen molar-refractivity contribution < 1.29 is 43.9 Å². The van der Waals surface area contributed by atoms with E-state index in [2.05, 4.69) is 6.08 Å². The number of Topliss-reactive ketones (excluding diaryl/α,β-unsaturated/α-hetero) is 2. The highest BCUT2D eigenvalue weighted by molar-refractivity contribution is 6.19. The number of rotatable bonds is 9. The number of aromatic hydroxyl groups is 1. The molecule has 7 rings (SSSR count). The number of carboxylic acids is 1. The lowest BCUT2D eigenvalue weighted by Crippen LogP contribution is -2.72. The molecular formula is C38H44O9. The lowest BCUT2D eigenvalue weighted by molar-refractivity contribution is -0.171. The third-order valence-corrected chi connectivity index (χ3v) is 10.7. The van der Waals surface area contributed by atoms with Crippen LogP contribution >= 0.6 is 0 Å². The Morgan fingerprint density at radius 1 is 1.04 bits per heavy atom. The van der Waals surface area contributed by atoms with Gasteiger partial charge >= 0.3 is 5.97 Å². The molecular weight excluding hydrogens is 600 g/mol. The van der Waals surface area contributed by atoms with Gasteiger partial charge in [0.05, 0.1) is 17.8 Å². The van der Waals surface area contributed by atoms with E-state index < -0.39 is 46.0 Å². The van der Waals surface area contributed by atoms with E-state index >= 15 is 0 Å². The number of hydrogen-bond acceptors (Lipinski definition) is 8. The number of phenolic OH excluding ortho intramolecular Hbond substituents is 1. The van der Waals surface area contributed by atoms with E-state index in [4.69, 9.17) is 14.2 Å². The van der Waals surface area contributed by atoms with Gasteiger partial charge in [-0.1, -0.05) is 35.5 Å². The van der Waals surface area contributed by atoms with E-state index in [0.717, 1.165) is 6.42 Å². The number of benzene rings is 1. The molecule has 5 atom stereocenters. The molecule has 3 N–H and O–H groups in total. The van der Waals surface area contributed by atoms with Gasteiger partial charge < -0.3 is 29.5 Å². The molecule has 47 heavy (non-hydrogen) atoms. The molecule has 0 aromatic heterocycles. The zero-order valence-electron chi connectivity index (χ0n) is 28.2. The first kappa shape index (κ1) is 33.0. The molecule has 1 aromatic carbocycles. The molecule has 1 aromatic rings. The van der Waals surface area contributed by atoms with Crippen molar-refractivity contribution in [1.29, 1.82) is 0 Å². The Labute approximate surface area is 275 Å². The Kier molecular flexibility index (Phi) is 7.76. The van der Waals surface area contributed by atoms with Crippen molar-refractivity contribution >= 4 is 23.6 Å². The first-order chi connectivity index (χ1) is 22.0. The lowest BCUT2D eigenvalue weighted by atomic mass is 9.51. The fraction of sp³-hybridized carbons (Fsp3) is 0.500. The monoisotopic (exact) mass is 644 g/mol. The molecule has 0 radical (unpaired) electrons. The number of carboxylic acid groups (broad SMARTS) is 1. The van der Waals surface area contributed by atoms with Gasteiger partial charge in [0.1, 0.15) is 28.4 Å². The fourth-order valence-electron chi connectivity index (χ4n) is 8.21. The summed E-state index contributed by atoms with van der Waals surface area (Å²) in [5, 5.41) is 31.3. The van der Waals surface area contributed by atoms with Crippen LogP contribution in [-0.4, -0.2) is 61.9 Å². The van der Waals surface area contributed by atoms with Crippen LogP contribution in [0.15, 0.2) is 52.7 Å². The quantitative estimate of drug-likeness (QED) is 0.211. The van der Waals surface area contributed by atoms with E-state index in [1.165, 1.54) is 18.6 Å². The summed E-state index contributed by atoms with van der Waals surface area (Å²) in [6.45, 7) is 12.9. The van der Waals surface area contributed by atoms with Gasteiger partial charge in [0.2, 0.25) is 0 Å². The van der Waals surface area contributed by atoms with Crippen molar-refractivity contribution in [2.24, 2.45) is 11.8 Å².